The van der Waals surface area contributed by atoms with Gasteiger partial charge in [0, 0.05) is 17.9 Å². The number of aliphatic hydroxyl groups is 1. The molecule has 112 valence electrons. The Morgan fingerprint density at radius 2 is 2.33 bits per heavy atom. The molecule has 1 fully saturated rings. The summed E-state index contributed by atoms with van der Waals surface area (Å²) in [6.07, 6.45) is 1.96. The van der Waals surface area contributed by atoms with Gasteiger partial charge in [-0.2, -0.15) is 5.10 Å². The molecule has 21 heavy (non-hydrogen) atoms. The van der Waals surface area contributed by atoms with E-state index in [1.54, 1.807) is 11.0 Å². The Hall–Kier alpha value is -2.07. The van der Waals surface area contributed by atoms with Gasteiger partial charge in [-0.15, -0.1) is 0 Å². The third kappa shape index (κ3) is 2.36. The van der Waals surface area contributed by atoms with Crippen LogP contribution in [0, 0.1) is 5.92 Å². The number of hydrogen-bond acceptors (Lipinski definition) is 7. The lowest BCUT2D eigenvalue weighted by Gasteiger charge is -2.40. The molecule has 2 atom stereocenters. The average molecular weight is 312 g/mol. The molecule has 3 heterocycles. The molecule has 3 rings (SSSR count). The van der Waals surface area contributed by atoms with Gasteiger partial charge >= 0.3 is 6.16 Å². The number of nitrogens with zero attached hydrogens (tertiary/aromatic N) is 4. The number of amides is 1. The molecule has 0 unspecified atom stereocenters. The highest BCUT2D eigenvalue weighted by molar-refractivity contribution is 8.04. The minimum Gasteiger partial charge on any atom is -0.449 e. The van der Waals surface area contributed by atoms with E-state index >= 15 is 0 Å². The van der Waals surface area contributed by atoms with E-state index in [9.17, 15) is 14.7 Å². The van der Waals surface area contributed by atoms with Crippen LogP contribution in [0.1, 0.15) is 6.42 Å². The summed E-state index contributed by atoms with van der Waals surface area (Å²) in [7, 11) is 0. The van der Waals surface area contributed by atoms with Crippen molar-refractivity contribution in [3.05, 3.63) is 23.4 Å². The summed E-state index contributed by atoms with van der Waals surface area (Å²) in [6.45, 7) is 0.233. The van der Waals surface area contributed by atoms with E-state index in [2.05, 4.69) is 10.1 Å². The molecule has 0 aromatic carbocycles. The summed E-state index contributed by atoms with van der Waals surface area (Å²) in [5.74, 6) is -0.777. The molecule has 1 amide bonds. The van der Waals surface area contributed by atoms with Crippen molar-refractivity contribution in [3.8, 4) is 0 Å². The minimum absolute atomic E-state index is 0.0484. The molecule has 0 spiro atoms. The Labute approximate surface area is 123 Å². The quantitative estimate of drug-likeness (QED) is 0.578. The highest BCUT2D eigenvalue weighted by Crippen LogP contribution is 2.50. The Morgan fingerprint density at radius 3 is 2.95 bits per heavy atom. The first-order valence-electron chi connectivity index (χ1n) is 6.18. The predicted molar refractivity (Wildman–Crippen MR) is 69.6 cm³/mol. The topological polar surface area (TPSA) is 118 Å². The third-order valence-corrected chi connectivity index (χ3v) is 4.73. The lowest BCUT2D eigenvalue weighted by atomic mass is 10.00. The number of rotatable bonds is 5. The monoisotopic (exact) mass is 312 g/mol. The van der Waals surface area contributed by atoms with Crippen LogP contribution in [-0.2, 0) is 16.1 Å². The third-order valence-electron chi connectivity index (χ3n) is 3.29. The van der Waals surface area contributed by atoms with E-state index in [4.69, 9.17) is 9.84 Å². The molecule has 1 aromatic heterocycles. The van der Waals surface area contributed by atoms with E-state index in [1.807, 2.05) is 0 Å². The van der Waals surface area contributed by atoms with Gasteiger partial charge in [-0.05, 0) is 0 Å². The number of aryl methyl sites for hydroxylation is 1. The van der Waals surface area contributed by atoms with Gasteiger partial charge < -0.3 is 14.9 Å². The zero-order valence-electron chi connectivity index (χ0n) is 10.7. The molecule has 0 bridgehead atoms. The number of carbonyl (C=O) groups excluding carboxylic acids is 1. The molecule has 9 nitrogen and oxygen atoms in total. The Morgan fingerprint density at radius 1 is 1.52 bits per heavy atom. The SMILES string of the molecule is O=C(O)OC1=C(CCn2cncn2)S[C@@H]2[C@@H](CO)C(=O)N12. The Bertz CT molecular complexity index is 602. The molecule has 0 aliphatic carbocycles. The lowest BCUT2D eigenvalue weighted by Crippen LogP contribution is -2.58. The highest BCUT2D eigenvalue weighted by atomic mass is 32.2. The van der Waals surface area contributed by atoms with Crippen LogP contribution in [0.5, 0.6) is 0 Å². The molecule has 2 aliphatic heterocycles. The van der Waals surface area contributed by atoms with Gasteiger partial charge in [-0.1, -0.05) is 11.8 Å². The number of β-lactam (4-membered cyclic amide) rings is 1. The molecule has 2 aliphatic rings. The van der Waals surface area contributed by atoms with Crippen molar-refractivity contribution in [3.63, 3.8) is 0 Å². The number of ether oxygens (including phenoxy) is 1. The normalized spacial score (nSPS) is 24.0. The summed E-state index contributed by atoms with van der Waals surface area (Å²) < 4.78 is 6.35. The van der Waals surface area contributed by atoms with E-state index in [-0.39, 0.29) is 23.8 Å². The van der Waals surface area contributed by atoms with Gasteiger partial charge in [-0.25, -0.2) is 9.78 Å². The number of fused-ring (bicyclic) bond motifs is 1. The molecule has 2 N–H and O–H groups in total. The largest absolute Gasteiger partial charge is 0.512 e. The van der Waals surface area contributed by atoms with Crippen molar-refractivity contribution in [2.75, 3.05) is 6.61 Å². The van der Waals surface area contributed by atoms with Gasteiger partial charge in [0.05, 0.1) is 12.5 Å². The number of thioether (sulfide) groups is 1. The average Bonchev–Trinajstić information content (AvgIpc) is 3.03. The Kier molecular flexibility index (Phi) is 3.55. The number of carbonyl (C=O) groups is 2. The molecule has 1 saturated heterocycles. The number of carboxylic acid groups (broad SMARTS) is 1. The second-order valence-electron chi connectivity index (χ2n) is 4.51. The first kappa shape index (κ1) is 13.9. The van der Waals surface area contributed by atoms with Crippen molar-refractivity contribution in [2.24, 2.45) is 5.92 Å². The fourth-order valence-electron chi connectivity index (χ4n) is 2.29. The maximum Gasteiger partial charge on any atom is 0.512 e. The fraction of sp³-hybridized carbons (Fsp3) is 0.455. The maximum absolute atomic E-state index is 11.9. The summed E-state index contributed by atoms with van der Waals surface area (Å²) >= 11 is 1.34. The first-order valence-corrected chi connectivity index (χ1v) is 7.06. The van der Waals surface area contributed by atoms with Gasteiger partial charge in [0.15, 0.2) is 0 Å². The summed E-state index contributed by atoms with van der Waals surface area (Å²) in [5.41, 5.74) is 0. The summed E-state index contributed by atoms with van der Waals surface area (Å²) in [5, 5.41) is 21.6. The van der Waals surface area contributed by atoms with E-state index in [0.717, 1.165) is 0 Å². The molecule has 10 heteroatoms. The Balaban J connectivity index is 1.77. The predicted octanol–water partition coefficient (Wildman–Crippen LogP) is 0.0555. The van der Waals surface area contributed by atoms with Crippen LogP contribution >= 0.6 is 11.8 Å². The number of aromatic nitrogens is 3. The number of aliphatic hydroxyl groups excluding tert-OH is 1. The van der Waals surface area contributed by atoms with Crippen molar-refractivity contribution in [1.29, 1.82) is 0 Å². The molecule has 1 aromatic rings. The van der Waals surface area contributed by atoms with Crippen molar-refractivity contribution >= 4 is 23.8 Å². The van der Waals surface area contributed by atoms with Gasteiger partial charge in [-0.3, -0.25) is 14.4 Å². The number of allylic oxidation sites excluding steroid dienone is 1. The molecular weight excluding hydrogens is 300 g/mol. The summed E-state index contributed by atoms with van der Waals surface area (Å²) in [6, 6.07) is 0. The molecule has 0 radical (unpaired) electrons. The fourth-order valence-corrected chi connectivity index (χ4v) is 3.71. The minimum atomic E-state index is -1.47. The van der Waals surface area contributed by atoms with Crippen LogP contribution in [0.2, 0.25) is 0 Å². The second kappa shape index (κ2) is 5.37. The first-order chi connectivity index (χ1) is 10.1. The van der Waals surface area contributed by atoms with Gasteiger partial charge in [0.1, 0.15) is 18.0 Å². The van der Waals surface area contributed by atoms with E-state index in [0.29, 0.717) is 17.9 Å². The maximum atomic E-state index is 11.9. The van der Waals surface area contributed by atoms with Crippen LogP contribution in [0.25, 0.3) is 0 Å². The van der Waals surface area contributed by atoms with Crippen LogP contribution in [0.4, 0.5) is 4.79 Å². The van der Waals surface area contributed by atoms with Gasteiger partial charge in [0.25, 0.3) is 0 Å². The van der Waals surface area contributed by atoms with Crippen LogP contribution in [0.15, 0.2) is 23.4 Å². The summed E-state index contributed by atoms with van der Waals surface area (Å²) in [4.78, 5) is 28.4. The van der Waals surface area contributed by atoms with E-state index < -0.39 is 12.1 Å². The van der Waals surface area contributed by atoms with Crippen molar-refractivity contribution < 1.29 is 24.5 Å². The zero-order valence-corrected chi connectivity index (χ0v) is 11.6. The van der Waals surface area contributed by atoms with Crippen LogP contribution in [0.3, 0.4) is 0 Å². The van der Waals surface area contributed by atoms with Crippen LogP contribution in [-0.4, -0.2) is 53.9 Å². The van der Waals surface area contributed by atoms with Gasteiger partial charge in [0.2, 0.25) is 11.8 Å². The van der Waals surface area contributed by atoms with Crippen LogP contribution < -0.4 is 0 Å². The molecule has 0 saturated carbocycles. The highest BCUT2D eigenvalue weighted by Gasteiger charge is 2.55. The van der Waals surface area contributed by atoms with Crippen molar-refractivity contribution in [2.45, 2.75) is 18.3 Å². The second-order valence-corrected chi connectivity index (χ2v) is 5.72. The standard InChI is InChI=1S/C11H12N4O5S/c16-3-6-8(17)15-9(20-11(18)19)7(21-10(6)15)1-2-14-5-12-4-13-14/h4-6,10,16H,1-3H2,(H,18,19)/t6-,10+/m0/s1. The smallest absolute Gasteiger partial charge is 0.449 e. The zero-order chi connectivity index (χ0) is 15.0. The van der Waals surface area contributed by atoms with Crippen molar-refractivity contribution in [1.82, 2.24) is 19.7 Å². The lowest BCUT2D eigenvalue weighted by molar-refractivity contribution is -0.151. The molecular formula is C11H12N4O5S. The van der Waals surface area contributed by atoms with E-state index in [1.165, 1.54) is 23.0 Å². The number of hydrogen-bond donors (Lipinski definition) is 2.